The van der Waals surface area contributed by atoms with Crippen LogP contribution in [0.25, 0.3) is 0 Å². The summed E-state index contributed by atoms with van der Waals surface area (Å²) in [5.74, 6) is 0.0763. The van der Waals surface area contributed by atoms with Crippen LogP contribution >= 0.6 is 11.6 Å². The Bertz CT molecular complexity index is 373. The number of aryl methyl sites for hydroxylation is 1. The predicted octanol–water partition coefficient (Wildman–Crippen LogP) is 2.53. The molecule has 0 spiro atoms. The molecule has 1 aromatic carbocycles. The molecule has 1 N–H and O–H groups in total. The first-order chi connectivity index (χ1) is 6.18. The van der Waals surface area contributed by atoms with Gasteiger partial charge in [0.2, 0.25) is 5.91 Å². The molecule has 1 amide bonds. The molecule has 68 valence electrons. The first-order valence-corrected chi connectivity index (χ1v) is 4.64. The van der Waals surface area contributed by atoms with Crippen molar-refractivity contribution in [2.45, 2.75) is 19.8 Å². The van der Waals surface area contributed by atoms with Crippen molar-refractivity contribution >= 4 is 23.2 Å². The van der Waals surface area contributed by atoms with E-state index < -0.39 is 0 Å². The highest BCUT2D eigenvalue weighted by Gasteiger charge is 2.17. The van der Waals surface area contributed by atoms with E-state index in [1.54, 1.807) is 0 Å². The van der Waals surface area contributed by atoms with Gasteiger partial charge in [-0.05, 0) is 30.5 Å². The van der Waals surface area contributed by atoms with Gasteiger partial charge in [-0.2, -0.15) is 0 Å². The Morgan fingerprint density at radius 2 is 2.15 bits per heavy atom. The number of halogens is 1. The lowest BCUT2D eigenvalue weighted by Gasteiger charge is -2.18. The molecule has 3 heteroatoms. The summed E-state index contributed by atoms with van der Waals surface area (Å²) in [6.45, 7) is 1.97. The summed E-state index contributed by atoms with van der Waals surface area (Å²) < 4.78 is 0. The molecule has 0 saturated carbocycles. The van der Waals surface area contributed by atoms with Gasteiger partial charge < -0.3 is 5.32 Å². The molecule has 0 radical (unpaired) electrons. The lowest BCUT2D eigenvalue weighted by Crippen LogP contribution is -2.19. The van der Waals surface area contributed by atoms with Crippen LogP contribution in [0.15, 0.2) is 12.1 Å². The monoisotopic (exact) mass is 195 g/mol. The van der Waals surface area contributed by atoms with Gasteiger partial charge >= 0.3 is 0 Å². The fraction of sp³-hybridized carbons (Fsp3) is 0.300. The molecule has 1 aliphatic heterocycles. The van der Waals surface area contributed by atoms with Crippen LogP contribution in [-0.4, -0.2) is 5.91 Å². The van der Waals surface area contributed by atoms with Gasteiger partial charge in [-0.25, -0.2) is 0 Å². The van der Waals surface area contributed by atoms with Gasteiger partial charge in [0.15, 0.2) is 0 Å². The normalized spacial score (nSPS) is 15.1. The highest BCUT2D eigenvalue weighted by Crippen LogP contribution is 2.31. The Hall–Kier alpha value is -1.02. The number of fused-ring (bicyclic) bond motifs is 1. The van der Waals surface area contributed by atoms with E-state index in [4.69, 9.17) is 11.6 Å². The minimum atomic E-state index is 0.0763. The molecule has 0 aromatic heterocycles. The van der Waals surface area contributed by atoms with E-state index in [2.05, 4.69) is 5.32 Å². The molecular formula is C10H10ClNO. The molecule has 0 fully saturated rings. The first-order valence-electron chi connectivity index (χ1n) is 4.26. The van der Waals surface area contributed by atoms with Crippen LogP contribution in [-0.2, 0) is 11.2 Å². The molecule has 0 aliphatic carbocycles. The third-order valence-corrected chi connectivity index (χ3v) is 2.84. The molecule has 0 unspecified atom stereocenters. The summed E-state index contributed by atoms with van der Waals surface area (Å²) in [4.78, 5) is 11.1. The Balaban J connectivity index is 2.53. The van der Waals surface area contributed by atoms with E-state index in [0.29, 0.717) is 6.42 Å². The number of carbonyl (C=O) groups is 1. The van der Waals surface area contributed by atoms with Crippen LogP contribution in [0.2, 0.25) is 5.02 Å². The summed E-state index contributed by atoms with van der Waals surface area (Å²) in [5, 5.41) is 3.59. The number of carbonyl (C=O) groups excluding carboxylic acids is 1. The van der Waals surface area contributed by atoms with Crippen molar-refractivity contribution in [3.8, 4) is 0 Å². The van der Waals surface area contributed by atoms with Crippen molar-refractivity contribution in [3.63, 3.8) is 0 Å². The number of hydrogen-bond donors (Lipinski definition) is 1. The van der Waals surface area contributed by atoms with Crippen molar-refractivity contribution in [2.24, 2.45) is 0 Å². The molecule has 13 heavy (non-hydrogen) atoms. The number of benzene rings is 1. The van der Waals surface area contributed by atoms with Crippen LogP contribution in [0.4, 0.5) is 5.69 Å². The number of amides is 1. The van der Waals surface area contributed by atoms with Crippen LogP contribution in [0, 0.1) is 6.92 Å². The van der Waals surface area contributed by atoms with Crippen LogP contribution in [0.3, 0.4) is 0 Å². The van der Waals surface area contributed by atoms with E-state index in [9.17, 15) is 4.79 Å². The molecule has 1 aromatic rings. The van der Waals surface area contributed by atoms with E-state index in [1.165, 1.54) is 0 Å². The summed E-state index contributed by atoms with van der Waals surface area (Å²) in [6, 6.07) is 3.83. The van der Waals surface area contributed by atoms with Gasteiger partial charge in [-0.1, -0.05) is 17.7 Å². The third-order valence-electron chi connectivity index (χ3n) is 2.31. The molecule has 0 bridgehead atoms. The maximum Gasteiger partial charge on any atom is 0.224 e. The van der Waals surface area contributed by atoms with Gasteiger partial charge in [-0.15, -0.1) is 0 Å². The van der Waals surface area contributed by atoms with Gasteiger partial charge in [0, 0.05) is 17.1 Å². The average Bonchev–Trinajstić information content (AvgIpc) is 2.12. The van der Waals surface area contributed by atoms with E-state index >= 15 is 0 Å². The van der Waals surface area contributed by atoms with Gasteiger partial charge in [0.05, 0.1) is 0 Å². The van der Waals surface area contributed by atoms with E-state index in [0.717, 1.165) is 28.3 Å². The fourth-order valence-corrected chi connectivity index (χ4v) is 1.81. The number of nitrogens with one attached hydrogen (secondary N) is 1. The standard InChI is InChI=1S/C10H10ClNO/c1-6-2-4-8-7(10(6)11)3-5-9(13)12-8/h2,4H,3,5H2,1H3,(H,12,13). The van der Waals surface area contributed by atoms with E-state index in [-0.39, 0.29) is 5.91 Å². The zero-order chi connectivity index (χ0) is 9.42. The van der Waals surface area contributed by atoms with Crippen LogP contribution < -0.4 is 5.32 Å². The SMILES string of the molecule is Cc1ccc2c(c1Cl)CCC(=O)N2. The molecule has 1 heterocycles. The molecule has 1 aliphatic rings. The number of anilines is 1. The lowest BCUT2D eigenvalue weighted by atomic mass is 10.0. The summed E-state index contributed by atoms with van der Waals surface area (Å²) in [7, 11) is 0. The highest BCUT2D eigenvalue weighted by atomic mass is 35.5. The zero-order valence-electron chi connectivity index (χ0n) is 7.36. The average molecular weight is 196 g/mol. The van der Waals surface area contributed by atoms with Gasteiger partial charge in [0.25, 0.3) is 0 Å². The quantitative estimate of drug-likeness (QED) is 0.677. The molecule has 2 rings (SSSR count). The third kappa shape index (κ3) is 1.42. The highest BCUT2D eigenvalue weighted by molar-refractivity contribution is 6.32. The zero-order valence-corrected chi connectivity index (χ0v) is 8.11. The van der Waals surface area contributed by atoms with Crippen molar-refractivity contribution in [1.82, 2.24) is 0 Å². The second kappa shape index (κ2) is 3.04. The van der Waals surface area contributed by atoms with Gasteiger partial charge in [-0.3, -0.25) is 4.79 Å². The summed E-state index contributed by atoms with van der Waals surface area (Å²) in [6.07, 6.45) is 1.29. The van der Waals surface area contributed by atoms with Crippen molar-refractivity contribution in [2.75, 3.05) is 5.32 Å². The van der Waals surface area contributed by atoms with Gasteiger partial charge in [0.1, 0.15) is 0 Å². The fourth-order valence-electron chi connectivity index (χ4n) is 1.55. The topological polar surface area (TPSA) is 29.1 Å². The van der Waals surface area contributed by atoms with Crippen LogP contribution in [0.5, 0.6) is 0 Å². The largest absolute Gasteiger partial charge is 0.326 e. The molecular weight excluding hydrogens is 186 g/mol. The Morgan fingerprint density at radius 1 is 1.38 bits per heavy atom. The predicted molar refractivity (Wildman–Crippen MR) is 53.1 cm³/mol. The number of rotatable bonds is 0. The van der Waals surface area contributed by atoms with Crippen molar-refractivity contribution in [3.05, 3.63) is 28.3 Å². The van der Waals surface area contributed by atoms with Crippen molar-refractivity contribution < 1.29 is 4.79 Å². The summed E-state index contributed by atoms with van der Waals surface area (Å²) >= 11 is 6.11. The maximum atomic E-state index is 11.1. The van der Waals surface area contributed by atoms with Crippen LogP contribution in [0.1, 0.15) is 17.5 Å². The first kappa shape index (κ1) is 8.57. The van der Waals surface area contributed by atoms with E-state index in [1.807, 2.05) is 19.1 Å². The summed E-state index contributed by atoms with van der Waals surface area (Å²) in [5.41, 5.74) is 3.00. The minimum Gasteiger partial charge on any atom is -0.326 e. The smallest absolute Gasteiger partial charge is 0.224 e. The second-order valence-electron chi connectivity index (χ2n) is 3.27. The van der Waals surface area contributed by atoms with Crippen molar-refractivity contribution in [1.29, 1.82) is 0 Å². The minimum absolute atomic E-state index is 0.0763. The lowest BCUT2D eigenvalue weighted by molar-refractivity contribution is -0.116. The Labute approximate surface area is 81.9 Å². The Morgan fingerprint density at radius 3 is 2.92 bits per heavy atom. The molecule has 2 nitrogen and oxygen atoms in total. The molecule has 0 saturated heterocycles. The molecule has 0 atom stereocenters. The maximum absolute atomic E-state index is 11.1. The number of hydrogen-bond acceptors (Lipinski definition) is 1. The Kier molecular flexibility index (Phi) is 2.00. The second-order valence-corrected chi connectivity index (χ2v) is 3.65.